The Balaban J connectivity index is 1.60. The summed E-state index contributed by atoms with van der Waals surface area (Å²) < 4.78 is 40.3. The topological polar surface area (TPSA) is 52.7 Å². The summed E-state index contributed by atoms with van der Waals surface area (Å²) in [5.41, 5.74) is 1.81. The lowest BCUT2D eigenvalue weighted by Crippen LogP contribution is -2.51. The maximum Gasteiger partial charge on any atom is 0.243 e. The third-order valence-electron chi connectivity index (χ3n) is 4.81. The molecule has 1 N–H and O–H groups in total. The van der Waals surface area contributed by atoms with Crippen LogP contribution >= 0.6 is 12.2 Å². The van der Waals surface area contributed by atoms with Gasteiger partial charge in [0, 0.05) is 31.9 Å². The van der Waals surface area contributed by atoms with E-state index >= 15 is 0 Å². The van der Waals surface area contributed by atoms with Gasteiger partial charge in [0.25, 0.3) is 0 Å². The van der Waals surface area contributed by atoms with Crippen LogP contribution in [0.2, 0.25) is 0 Å². The largest absolute Gasteiger partial charge is 0.346 e. The highest BCUT2D eigenvalue weighted by molar-refractivity contribution is 7.89. The number of hydrogen-bond acceptors (Lipinski definition) is 3. The van der Waals surface area contributed by atoms with Gasteiger partial charge >= 0.3 is 0 Å². The van der Waals surface area contributed by atoms with Crippen LogP contribution in [0.3, 0.4) is 0 Å². The third kappa shape index (κ3) is 4.68. The van der Waals surface area contributed by atoms with Crippen molar-refractivity contribution in [1.82, 2.24) is 9.21 Å². The van der Waals surface area contributed by atoms with Crippen LogP contribution in [0.25, 0.3) is 0 Å². The number of nitrogens with one attached hydrogen (secondary N) is 1. The van der Waals surface area contributed by atoms with Crippen molar-refractivity contribution in [3.05, 3.63) is 59.9 Å². The van der Waals surface area contributed by atoms with Crippen molar-refractivity contribution >= 4 is 33.0 Å². The molecule has 1 aliphatic heterocycles. The second kappa shape index (κ2) is 8.55. The van der Waals surface area contributed by atoms with Crippen molar-refractivity contribution in [3.8, 4) is 0 Å². The molecule has 28 heavy (non-hydrogen) atoms. The predicted octanol–water partition coefficient (Wildman–Crippen LogP) is 3.65. The molecule has 0 spiro atoms. The van der Waals surface area contributed by atoms with Crippen LogP contribution in [0.1, 0.15) is 25.3 Å². The predicted molar refractivity (Wildman–Crippen MR) is 113 cm³/mol. The Kier molecular flexibility index (Phi) is 6.32. The normalized spacial score (nSPS) is 15.6. The molecule has 0 unspecified atom stereocenters. The van der Waals surface area contributed by atoms with Crippen LogP contribution in [-0.2, 0) is 10.0 Å². The lowest BCUT2D eigenvalue weighted by Gasteiger charge is -2.35. The van der Waals surface area contributed by atoms with E-state index in [2.05, 4.69) is 19.2 Å². The number of rotatable bonds is 4. The van der Waals surface area contributed by atoms with E-state index in [9.17, 15) is 12.8 Å². The summed E-state index contributed by atoms with van der Waals surface area (Å²) in [5.74, 6) is 0.0478. The lowest BCUT2D eigenvalue weighted by atomic mass is 10.0. The minimum atomic E-state index is -3.52. The molecule has 3 rings (SSSR count). The molecule has 5 nitrogen and oxygen atoms in total. The molecule has 0 amide bonds. The van der Waals surface area contributed by atoms with Gasteiger partial charge in [-0.15, -0.1) is 0 Å². The van der Waals surface area contributed by atoms with E-state index < -0.39 is 10.0 Å². The Labute approximate surface area is 171 Å². The highest BCUT2D eigenvalue weighted by Crippen LogP contribution is 2.21. The molecule has 2 aromatic rings. The van der Waals surface area contributed by atoms with E-state index in [4.69, 9.17) is 12.2 Å². The van der Waals surface area contributed by atoms with Gasteiger partial charge in [-0.25, -0.2) is 12.8 Å². The van der Waals surface area contributed by atoms with Gasteiger partial charge in [-0.3, -0.25) is 0 Å². The Bertz CT molecular complexity index is 921. The van der Waals surface area contributed by atoms with Crippen LogP contribution in [0.5, 0.6) is 0 Å². The number of benzene rings is 2. The van der Waals surface area contributed by atoms with Crippen LogP contribution in [0.4, 0.5) is 10.1 Å². The zero-order valence-electron chi connectivity index (χ0n) is 15.9. The number of sulfonamides is 1. The van der Waals surface area contributed by atoms with Crippen molar-refractivity contribution in [3.63, 3.8) is 0 Å². The smallest absolute Gasteiger partial charge is 0.243 e. The van der Waals surface area contributed by atoms with Gasteiger partial charge in [-0.05, 0) is 60.1 Å². The number of piperazine rings is 1. The Morgan fingerprint density at radius 2 is 1.57 bits per heavy atom. The summed E-state index contributed by atoms with van der Waals surface area (Å²) in [5, 5.41) is 3.57. The fourth-order valence-corrected chi connectivity index (χ4v) is 4.76. The summed E-state index contributed by atoms with van der Waals surface area (Å²) in [4.78, 5) is 2.24. The highest BCUT2D eigenvalue weighted by Gasteiger charge is 2.29. The Hall–Kier alpha value is -2.03. The van der Waals surface area contributed by atoms with Gasteiger partial charge in [0.05, 0.1) is 4.90 Å². The molecule has 1 saturated heterocycles. The van der Waals surface area contributed by atoms with E-state index in [1.165, 1.54) is 16.4 Å². The number of nitrogens with zero attached hydrogens (tertiary/aromatic N) is 2. The standard InChI is InChI=1S/C20H24FN3O2S2/c1-15(2)16-3-9-19(10-4-16)28(25,26)24-13-11-23(12-14-24)20(27)22-18-7-5-17(21)6-8-18/h3-10,15H,11-14H2,1-2H3,(H,22,27). The summed E-state index contributed by atoms with van der Waals surface area (Å²) in [6, 6.07) is 13.0. The molecule has 0 saturated carbocycles. The van der Waals surface area contributed by atoms with E-state index in [-0.39, 0.29) is 5.82 Å². The van der Waals surface area contributed by atoms with Gasteiger partial charge in [-0.2, -0.15) is 4.31 Å². The fourth-order valence-electron chi connectivity index (χ4n) is 3.04. The number of thiocarbonyl (C=S) groups is 1. The van der Waals surface area contributed by atoms with E-state index in [1.54, 1.807) is 24.3 Å². The molecule has 0 aliphatic carbocycles. The molecule has 1 fully saturated rings. The molecule has 1 heterocycles. The average molecular weight is 422 g/mol. The zero-order valence-corrected chi connectivity index (χ0v) is 17.6. The molecule has 2 aromatic carbocycles. The van der Waals surface area contributed by atoms with Crippen LogP contribution < -0.4 is 5.32 Å². The first-order valence-corrected chi connectivity index (χ1v) is 11.0. The molecular weight excluding hydrogens is 397 g/mol. The maximum atomic E-state index is 13.0. The molecule has 150 valence electrons. The maximum absolute atomic E-state index is 13.0. The Morgan fingerprint density at radius 3 is 2.11 bits per heavy atom. The summed E-state index contributed by atoms with van der Waals surface area (Å²) in [7, 11) is -3.52. The van der Waals surface area contributed by atoms with Gasteiger partial charge < -0.3 is 10.2 Å². The summed E-state index contributed by atoms with van der Waals surface area (Å²) in [6.07, 6.45) is 0. The van der Waals surface area contributed by atoms with Gasteiger partial charge in [0.15, 0.2) is 5.11 Å². The van der Waals surface area contributed by atoms with Crippen molar-refractivity contribution < 1.29 is 12.8 Å². The average Bonchev–Trinajstić information content (AvgIpc) is 2.70. The quantitative estimate of drug-likeness (QED) is 0.764. The SMILES string of the molecule is CC(C)c1ccc(S(=O)(=O)N2CCN(C(=S)Nc3ccc(F)cc3)CC2)cc1. The van der Waals surface area contributed by atoms with E-state index in [0.717, 1.165) is 5.56 Å². The molecule has 0 aromatic heterocycles. The van der Waals surface area contributed by atoms with Crippen molar-refractivity contribution in [2.75, 3.05) is 31.5 Å². The van der Waals surface area contributed by atoms with Crippen molar-refractivity contribution in [2.45, 2.75) is 24.7 Å². The highest BCUT2D eigenvalue weighted by atomic mass is 32.2. The van der Waals surface area contributed by atoms with E-state index in [0.29, 0.717) is 47.8 Å². The summed E-state index contributed by atoms with van der Waals surface area (Å²) >= 11 is 5.41. The summed E-state index contributed by atoms with van der Waals surface area (Å²) in [6.45, 7) is 5.86. The zero-order chi connectivity index (χ0) is 20.3. The minimum Gasteiger partial charge on any atom is -0.346 e. The van der Waals surface area contributed by atoms with Crippen LogP contribution in [-0.4, -0.2) is 48.9 Å². The molecule has 1 aliphatic rings. The number of anilines is 1. The van der Waals surface area contributed by atoms with Crippen LogP contribution in [0, 0.1) is 5.82 Å². The number of halogens is 1. The first-order valence-electron chi connectivity index (χ1n) is 9.19. The number of hydrogen-bond donors (Lipinski definition) is 1. The minimum absolute atomic E-state index is 0.309. The van der Waals surface area contributed by atoms with E-state index in [1.807, 2.05) is 17.0 Å². The third-order valence-corrected chi connectivity index (χ3v) is 7.08. The first-order chi connectivity index (χ1) is 13.3. The second-order valence-corrected chi connectivity index (χ2v) is 9.38. The van der Waals surface area contributed by atoms with Crippen molar-refractivity contribution in [2.24, 2.45) is 0 Å². The van der Waals surface area contributed by atoms with Gasteiger partial charge in [-0.1, -0.05) is 26.0 Å². The van der Waals surface area contributed by atoms with Gasteiger partial charge in [0.1, 0.15) is 5.82 Å². The lowest BCUT2D eigenvalue weighted by molar-refractivity contribution is 0.268. The molecule has 8 heteroatoms. The molecule has 0 radical (unpaired) electrons. The fraction of sp³-hybridized carbons (Fsp3) is 0.350. The monoisotopic (exact) mass is 421 g/mol. The molecule has 0 bridgehead atoms. The second-order valence-electron chi connectivity index (χ2n) is 7.05. The van der Waals surface area contributed by atoms with Gasteiger partial charge in [0.2, 0.25) is 10.0 Å². The van der Waals surface area contributed by atoms with Crippen molar-refractivity contribution in [1.29, 1.82) is 0 Å². The molecular formula is C20H24FN3O2S2. The first kappa shape index (κ1) is 20.7. The molecule has 0 atom stereocenters. The Morgan fingerprint density at radius 1 is 1.00 bits per heavy atom. The van der Waals surface area contributed by atoms with Crippen LogP contribution in [0.15, 0.2) is 53.4 Å².